The topological polar surface area (TPSA) is 78.3 Å². The van der Waals surface area contributed by atoms with Gasteiger partial charge in [-0.3, -0.25) is 9.89 Å². The number of aliphatic imine (C=N–C) groups is 1. The summed E-state index contributed by atoms with van der Waals surface area (Å²) in [5.74, 6) is 0.0947. The molecule has 1 saturated heterocycles. The van der Waals surface area contributed by atoms with E-state index in [1.54, 1.807) is 0 Å². The van der Waals surface area contributed by atoms with E-state index >= 15 is 4.39 Å². The maximum absolute atomic E-state index is 15.0. The average Bonchev–Trinajstić information content (AvgIpc) is 3.17. The van der Waals surface area contributed by atoms with Crippen LogP contribution in [0, 0.1) is 17.6 Å². The molecule has 1 atom stereocenters. The Bertz CT molecular complexity index is 1270. The summed E-state index contributed by atoms with van der Waals surface area (Å²) in [6.07, 6.45) is 3.77. The Hall–Kier alpha value is -3.30. The van der Waals surface area contributed by atoms with E-state index in [1.165, 1.54) is 6.07 Å². The number of hydrogen-bond acceptors (Lipinski definition) is 7. The van der Waals surface area contributed by atoms with Gasteiger partial charge < -0.3 is 10.6 Å². The van der Waals surface area contributed by atoms with E-state index < -0.39 is 11.6 Å². The predicted octanol–water partition coefficient (Wildman–Crippen LogP) is 5.20. The summed E-state index contributed by atoms with van der Waals surface area (Å²) in [5, 5.41) is 6.39. The first kappa shape index (κ1) is 24.4. The third-order valence-electron chi connectivity index (χ3n) is 6.67. The number of hydrogen-bond donors (Lipinski definition) is 2. The summed E-state index contributed by atoms with van der Waals surface area (Å²) in [7, 11) is 0. The molecule has 1 unspecified atom stereocenters. The minimum absolute atomic E-state index is 0.0147. The average molecular weight is 492 g/mol. The minimum atomic E-state index is -0.615. The maximum atomic E-state index is 15.0. The molecule has 0 amide bonds. The van der Waals surface area contributed by atoms with E-state index in [1.807, 2.05) is 31.3 Å². The Balaban J connectivity index is 1.36. The monoisotopic (exact) mass is 491 g/mol. The summed E-state index contributed by atoms with van der Waals surface area (Å²) in [6, 6.07) is 6.97. The van der Waals surface area contributed by atoms with Crippen molar-refractivity contribution in [2.75, 3.05) is 31.5 Å². The molecule has 2 aliphatic heterocycles. The molecule has 2 aromatic heterocycles. The second-order valence-corrected chi connectivity index (χ2v) is 9.92. The van der Waals surface area contributed by atoms with Gasteiger partial charge in [-0.05, 0) is 48.6 Å². The number of nitrogens with zero attached hydrogens (tertiary/aromatic N) is 5. The van der Waals surface area contributed by atoms with Gasteiger partial charge in [-0.2, -0.15) is 0 Å². The van der Waals surface area contributed by atoms with Crippen molar-refractivity contribution in [3.05, 3.63) is 59.4 Å². The molecule has 188 valence electrons. The van der Waals surface area contributed by atoms with Gasteiger partial charge in [0.2, 0.25) is 5.95 Å². The van der Waals surface area contributed by atoms with E-state index in [2.05, 4.69) is 49.3 Å². The predicted molar refractivity (Wildman–Crippen MR) is 138 cm³/mol. The number of piperazine rings is 1. The molecule has 3 aromatic rings. The summed E-state index contributed by atoms with van der Waals surface area (Å²) in [5.41, 5.74) is 3.53. The molecule has 0 aliphatic carbocycles. The standard InChI is InChI=1S/C27H31F2N7/c1-16(2)10-20-17(3)33-26-21(20)11-19(12-22(26)28)25-23(29)14-32-27(35-25)34-24-5-4-18(13-31-24)15-36-8-6-30-7-9-36/h4-5,11-14,16,20,30H,6-10,15H2,1-3H3,(H,31,32,34,35). The van der Waals surface area contributed by atoms with Gasteiger partial charge in [-0.1, -0.05) is 19.9 Å². The quantitative estimate of drug-likeness (QED) is 0.473. The first-order valence-electron chi connectivity index (χ1n) is 12.4. The van der Waals surface area contributed by atoms with Crippen molar-refractivity contribution < 1.29 is 8.78 Å². The largest absolute Gasteiger partial charge is 0.314 e. The van der Waals surface area contributed by atoms with Crippen LogP contribution < -0.4 is 10.6 Å². The highest BCUT2D eigenvalue weighted by Gasteiger charge is 2.29. The zero-order valence-electron chi connectivity index (χ0n) is 20.9. The number of pyridine rings is 1. The first-order valence-corrected chi connectivity index (χ1v) is 12.4. The van der Waals surface area contributed by atoms with Crippen molar-refractivity contribution in [2.24, 2.45) is 10.9 Å². The maximum Gasteiger partial charge on any atom is 0.229 e. The molecule has 0 radical (unpaired) electrons. The number of halogens is 2. The molecular weight excluding hydrogens is 460 g/mol. The fraction of sp³-hybridized carbons (Fsp3) is 0.407. The molecule has 0 spiro atoms. The zero-order valence-corrected chi connectivity index (χ0v) is 20.9. The Labute approximate surface area is 210 Å². The van der Waals surface area contributed by atoms with Crippen molar-refractivity contribution in [1.82, 2.24) is 25.2 Å². The van der Waals surface area contributed by atoms with Gasteiger partial charge in [0.25, 0.3) is 0 Å². The third kappa shape index (κ3) is 5.27. The summed E-state index contributed by atoms with van der Waals surface area (Å²) >= 11 is 0. The van der Waals surface area contributed by atoms with Crippen molar-refractivity contribution >= 4 is 23.2 Å². The van der Waals surface area contributed by atoms with Crippen molar-refractivity contribution in [1.29, 1.82) is 0 Å². The molecule has 7 nitrogen and oxygen atoms in total. The van der Waals surface area contributed by atoms with E-state index in [0.29, 0.717) is 23.0 Å². The van der Waals surface area contributed by atoms with Gasteiger partial charge in [0.1, 0.15) is 23.0 Å². The Morgan fingerprint density at radius 2 is 1.89 bits per heavy atom. The van der Waals surface area contributed by atoms with Gasteiger partial charge >= 0.3 is 0 Å². The lowest BCUT2D eigenvalue weighted by Gasteiger charge is -2.27. The minimum Gasteiger partial charge on any atom is -0.314 e. The lowest BCUT2D eigenvalue weighted by molar-refractivity contribution is 0.233. The van der Waals surface area contributed by atoms with E-state index in [-0.39, 0.29) is 17.6 Å². The highest BCUT2D eigenvalue weighted by molar-refractivity contribution is 5.97. The van der Waals surface area contributed by atoms with Crippen LogP contribution in [0.4, 0.5) is 26.2 Å². The van der Waals surface area contributed by atoms with Crippen LogP contribution in [0.1, 0.15) is 44.2 Å². The number of rotatable bonds is 7. The Kier molecular flexibility index (Phi) is 7.02. The summed E-state index contributed by atoms with van der Waals surface area (Å²) < 4.78 is 29.8. The molecule has 2 N–H and O–H groups in total. The molecule has 36 heavy (non-hydrogen) atoms. The van der Waals surface area contributed by atoms with E-state index in [0.717, 1.165) is 62.2 Å². The fourth-order valence-electron chi connectivity index (χ4n) is 4.85. The summed E-state index contributed by atoms with van der Waals surface area (Å²) in [4.78, 5) is 19.7. The van der Waals surface area contributed by atoms with Crippen LogP contribution in [0.15, 0.2) is 41.7 Å². The van der Waals surface area contributed by atoms with Crippen LogP contribution in [-0.4, -0.2) is 51.7 Å². The molecule has 5 rings (SSSR count). The fourth-order valence-corrected chi connectivity index (χ4v) is 4.85. The molecule has 0 bridgehead atoms. The van der Waals surface area contributed by atoms with Crippen LogP contribution in [0.2, 0.25) is 0 Å². The lowest BCUT2D eigenvalue weighted by Crippen LogP contribution is -2.42. The number of benzene rings is 1. The molecule has 1 aromatic carbocycles. The molecule has 1 fully saturated rings. The van der Waals surface area contributed by atoms with Crippen LogP contribution in [0.5, 0.6) is 0 Å². The third-order valence-corrected chi connectivity index (χ3v) is 6.67. The lowest BCUT2D eigenvalue weighted by atomic mass is 9.87. The number of nitrogens with one attached hydrogen (secondary N) is 2. The van der Waals surface area contributed by atoms with E-state index in [9.17, 15) is 4.39 Å². The molecule has 2 aliphatic rings. The van der Waals surface area contributed by atoms with Crippen molar-refractivity contribution in [3.63, 3.8) is 0 Å². The highest BCUT2D eigenvalue weighted by Crippen LogP contribution is 2.43. The normalized spacial score (nSPS) is 17.8. The number of aromatic nitrogens is 3. The number of anilines is 2. The van der Waals surface area contributed by atoms with E-state index in [4.69, 9.17) is 0 Å². The number of fused-ring (bicyclic) bond motifs is 1. The second-order valence-electron chi connectivity index (χ2n) is 9.92. The van der Waals surface area contributed by atoms with Crippen LogP contribution >= 0.6 is 0 Å². The van der Waals surface area contributed by atoms with Crippen LogP contribution in [0.25, 0.3) is 11.3 Å². The van der Waals surface area contributed by atoms with Gasteiger partial charge in [0.15, 0.2) is 5.82 Å². The zero-order chi connectivity index (χ0) is 25.2. The molecular formula is C27H31F2N7. The Morgan fingerprint density at radius 3 is 2.61 bits per heavy atom. The van der Waals surface area contributed by atoms with Gasteiger partial charge in [-0.15, -0.1) is 0 Å². The Morgan fingerprint density at radius 1 is 1.08 bits per heavy atom. The van der Waals surface area contributed by atoms with Crippen LogP contribution in [0.3, 0.4) is 0 Å². The SMILES string of the molecule is CC1=Nc2c(F)cc(-c3nc(Nc4ccc(CN5CCNCC5)cn4)ncc3F)cc2C1CC(C)C. The van der Waals surface area contributed by atoms with Crippen LogP contribution in [-0.2, 0) is 6.54 Å². The summed E-state index contributed by atoms with van der Waals surface area (Å²) in [6.45, 7) is 11.0. The first-order chi connectivity index (χ1) is 17.4. The molecule has 9 heteroatoms. The van der Waals surface area contributed by atoms with Crippen molar-refractivity contribution in [2.45, 2.75) is 39.7 Å². The van der Waals surface area contributed by atoms with Gasteiger partial charge in [0, 0.05) is 56.1 Å². The molecule has 4 heterocycles. The smallest absolute Gasteiger partial charge is 0.229 e. The molecule has 0 saturated carbocycles. The van der Waals surface area contributed by atoms with Gasteiger partial charge in [-0.25, -0.2) is 23.7 Å². The highest BCUT2D eigenvalue weighted by atomic mass is 19.1. The second kappa shape index (κ2) is 10.4. The van der Waals surface area contributed by atoms with Gasteiger partial charge in [0.05, 0.1) is 6.20 Å². The van der Waals surface area contributed by atoms with Crippen molar-refractivity contribution in [3.8, 4) is 11.3 Å².